The summed E-state index contributed by atoms with van der Waals surface area (Å²) in [5.74, 6) is -0.501. The SMILES string of the molecule is COc1cc(OC)cc(C(=O)NC(=S)Nc2cccc3c2C(=O)N(c2ccccc2)C3=O)c1. The van der Waals surface area contributed by atoms with Gasteiger partial charge in [0, 0.05) is 11.6 Å². The molecule has 166 valence electrons. The van der Waals surface area contributed by atoms with Crippen LogP contribution in [0.15, 0.2) is 66.7 Å². The first-order valence-electron chi connectivity index (χ1n) is 9.85. The van der Waals surface area contributed by atoms with Crippen LogP contribution in [-0.2, 0) is 0 Å². The van der Waals surface area contributed by atoms with Crippen molar-refractivity contribution < 1.29 is 23.9 Å². The van der Waals surface area contributed by atoms with Crippen molar-refractivity contribution in [3.63, 3.8) is 0 Å². The maximum atomic E-state index is 13.1. The summed E-state index contributed by atoms with van der Waals surface area (Å²) in [6, 6.07) is 18.2. The molecule has 0 saturated heterocycles. The Labute approximate surface area is 195 Å². The fraction of sp³-hybridized carbons (Fsp3) is 0.0833. The van der Waals surface area contributed by atoms with Crippen molar-refractivity contribution in [3.8, 4) is 11.5 Å². The van der Waals surface area contributed by atoms with E-state index in [0.29, 0.717) is 22.9 Å². The first kappa shape index (κ1) is 22.0. The zero-order valence-electron chi connectivity index (χ0n) is 17.7. The quantitative estimate of drug-likeness (QED) is 0.442. The molecule has 0 aromatic heterocycles. The number of benzene rings is 3. The highest BCUT2D eigenvalue weighted by atomic mass is 32.1. The molecular weight excluding hydrogens is 442 g/mol. The van der Waals surface area contributed by atoms with E-state index >= 15 is 0 Å². The predicted molar refractivity (Wildman–Crippen MR) is 127 cm³/mol. The third-order valence-electron chi connectivity index (χ3n) is 5.02. The lowest BCUT2D eigenvalue weighted by atomic mass is 10.1. The minimum Gasteiger partial charge on any atom is -0.497 e. The second-order valence-electron chi connectivity index (χ2n) is 7.02. The minimum atomic E-state index is -0.495. The molecule has 0 bridgehead atoms. The van der Waals surface area contributed by atoms with Crippen LogP contribution in [0, 0.1) is 0 Å². The van der Waals surface area contributed by atoms with Crippen molar-refractivity contribution in [2.75, 3.05) is 24.4 Å². The molecule has 0 saturated carbocycles. The molecule has 1 aliphatic rings. The Balaban J connectivity index is 1.55. The van der Waals surface area contributed by atoms with E-state index in [0.717, 1.165) is 4.90 Å². The number of fused-ring (bicyclic) bond motifs is 1. The highest BCUT2D eigenvalue weighted by Gasteiger charge is 2.38. The van der Waals surface area contributed by atoms with Gasteiger partial charge in [-0.05, 0) is 48.6 Å². The number of amides is 3. The number of hydrogen-bond donors (Lipinski definition) is 2. The molecule has 8 nitrogen and oxygen atoms in total. The second-order valence-corrected chi connectivity index (χ2v) is 7.43. The zero-order valence-corrected chi connectivity index (χ0v) is 18.6. The van der Waals surface area contributed by atoms with E-state index in [4.69, 9.17) is 21.7 Å². The third kappa shape index (κ3) is 4.26. The molecule has 0 aliphatic carbocycles. The molecule has 0 unspecified atom stereocenters. The Kier molecular flexibility index (Phi) is 6.05. The van der Waals surface area contributed by atoms with Gasteiger partial charge in [0.05, 0.1) is 36.7 Å². The van der Waals surface area contributed by atoms with Gasteiger partial charge >= 0.3 is 0 Å². The Morgan fingerprint density at radius 1 is 0.879 bits per heavy atom. The van der Waals surface area contributed by atoms with E-state index in [2.05, 4.69) is 10.6 Å². The fourth-order valence-corrected chi connectivity index (χ4v) is 3.67. The summed E-state index contributed by atoms with van der Waals surface area (Å²) in [4.78, 5) is 39.8. The number of carbonyl (C=O) groups excluding carboxylic acids is 3. The van der Waals surface area contributed by atoms with Crippen LogP contribution < -0.4 is 25.0 Å². The first-order chi connectivity index (χ1) is 15.9. The second kappa shape index (κ2) is 9.09. The van der Waals surface area contributed by atoms with Crippen LogP contribution in [0.1, 0.15) is 31.1 Å². The van der Waals surface area contributed by atoms with E-state index in [1.807, 2.05) is 0 Å². The number of para-hydroxylation sites is 1. The van der Waals surface area contributed by atoms with Crippen molar-refractivity contribution in [2.24, 2.45) is 0 Å². The van der Waals surface area contributed by atoms with Gasteiger partial charge in [-0.2, -0.15) is 0 Å². The molecule has 0 atom stereocenters. The summed E-state index contributed by atoms with van der Waals surface area (Å²) in [7, 11) is 2.96. The first-order valence-corrected chi connectivity index (χ1v) is 10.3. The van der Waals surface area contributed by atoms with Gasteiger partial charge in [-0.3, -0.25) is 19.7 Å². The molecule has 33 heavy (non-hydrogen) atoms. The molecule has 4 rings (SSSR count). The van der Waals surface area contributed by atoms with E-state index in [9.17, 15) is 14.4 Å². The van der Waals surface area contributed by atoms with Crippen molar-refractivity contribution in [1.82, 2.24) is 5.32 Å². The summed E-state index contributed by atoms with van der Waals surface area (Å²) in [6.45, 7) is 0. The third-order valence-corrected chi connectivity index (χ3v) is 5.22. The summed E-state index contributed by atoms with van der Waals surface area (Å²) < 4.78 is 10.4. The topological polar surface area (TPSA) is 97.0 Å². The lowest BCUT2D eigenvalue weighted by Crippen LogP contribution is -2.34. The number of methoxy groups -OCH3 is 2. The van der Waals surface area contributed by atoms with Crippen molar-refractivity contribution in [3.05, 3.63) is 83.4 Å². The Hall–Kier alpha value is -4.24. The van der Waals surface area contributed by atoms with Gasteiger partial charge in [-0.1, -0.05) is 24.3 Å². The number of carbonyl (C=O) groups is 3. The number of nitrogens with one attached hydrogen (secondary N) is 2. The maximum Gasteiger partial charge on any atom is 0.268 e. The maximum absolute atomic E-state index is 13.1. The average Bonchev–Trinajstić information content (AvgIpc) is 3.09. The number of hydrogen-bond acceptors (Lipinski definition) is 6. The van der Waals surface area contributed by atoms with Crippen LogP contribution in [-0.4, -0.2) is 37.1 Å². The van der Waals surface area contributed by atoms with Crippen LogP contribution in [0.5, 0.6) is 11.5 Å². The smallest absolute Gasteiger partial charge is 0.268 e. The van der Waals surface area contributed by atoms with Crippen LogP contribution >= 0.6 is 12.2 Å². The van der Waals surface area contributed by atoms with Crippen LogP contribution in [0.3, 0.4) is 0 Å². The van der Waals surface area contributed by atoms with E-state index in [1.165, 1.54) is 14.2 Å². The van der Waals surface area contributed by atoms with Gasteiger partial charge in [-0.15, -0.1) is 0 Å². The number of rotatable bonds is 5. The van der Waals surface area contributed by atoms with Crippen LogP contribution in [0.25, 0.3) is 0 Å². The standard InChI is InChI=1S/C24H19N3O5S/c1-31-16-11-14(12-17(13-16)32-2)21(28)26-24(33)25-19-10-6-9-18-20(19)23(30)27(22(18)29)15-7-4-3-5-8-15/h3-13H,1-2H3,(H2,25,26,28,33). The van der Waals surface area contributed by atoms with Gasteiger partial charge in [0.25, 0.3) is 17.7 Å². The molecule has 1 heterocycles. The minimum absolute atomic E-state index is 0.0337. The van der Waals surface area contributed by atoms with Gasteiger partial charge in [0.1, 0.15) is 11.5 Å². The van der Waals surface area contributed by atoms with Crippen molar-refractivity contribution >= 4 is 46.4 Å². The Bertz CT molecular complexity index is 1250. The highest BCUT2D eigenvalue weighted by Crippen LogP contribution is 2.32. The Morgan fingerprint density at radius 3 is 2.18 bits per heavy atom. The molecule has 3 aromatic rings. The van der Waals surface area contributed by atoms with Gasteiger partial charge in [0.15, 0.2) is 5.11 Å². The number of anilines is 2. The average molecular weight is 461 g/mol. The lowest BCUT2D eigenvalue weighted by molar-refractivity contribution is 0.0924. The van der Waals surface area contributed by atoms with E-state index < -0.39 is 17.7 Å². The molecule has 2 N–H and O–H groups in total. The van der Waals surface area contributed by atoms with Crippen LogP contribution in [0.2, 0.25) is 0 Å². The van der Waals surface area contributed by atoms with E-state index in [1.54, 1.807) is 66.7 Å². The van der Waals surface area contributed by atoms with Gasteiger partial charge in [0.2, 0.25) is 0 Å². The summed E-state index contributed by atoms with van der Waals surface area (Å²) in [5.41, 5.74) is 1.50. The lowest BCUT2D eigenvalue weighted by Gasteiger charge is -2.14. The Morgan fingerprint density at radius 2 is 1.55 bits per heavy atom. The number of thiocarbonyl (C=S) groups is 1. The predicted octanol–water partition coefficient (Wildman–Crippen LogP) is 3.63. The zero-order chi connectivity index (χ0) is 23.5. The molecular formula is C24H19N3O5S. The number of imide groups is 1. The van der Waals surface area contributed by atoms with Crippen molar-refractivity contribution in [2.45, 2.75) is 0 Å². The van der Waals surface area contributed by atoms with Gasteiger partial charge in [-0.25, -0.2) is 4.90 Å². The molecule has 0 fully saturated rings. The summed E-state index contributed by atoms with van der Waals surface area (Å²) in [6.07, 6.45) is 0. The molecule has 3 aromatic carbocycles. The molecule has 0 spiro atoms. The normalized spacial score (nSPS) is 12.2. The summed E-state index contributed by atoms with van der Waals surface area (Å²) >= 11 is 5.28. The van der Waals surface area contributed by atoms with E-state index in [-0.39, 0.29) is 21.8 Å². The molecule has 1 aliphatic heterocycles. The largest absolute Gasteiger partial charge is 0.497 e. The van der Waals surface area contributed by atoms with Crippen LogP contribution in [0.4, 0.5) is 11.4 Å². The molecule has 9 heteroatoms. The highest BCUT2D eigenvalue weighted by molar-refractivity contribution is 7.80. The monoisotopic (exact) mass is 461 g/mol. The molecule has 3 amide bonds. The van der Waals surface area contributed by atoms with Crippen molar-refractivity contribution in [1.29, 1.82) is 0 Å². The fourth-order valence-electron chi connectivity index (χ4n) is 3.47. The number of ether oxygens (including phenoxy) is 2. The summed E-state index contributed by atoms with van der Waals surface area (Å²) in [5, 5.41) is 5.39. The number of nitrogens with zero attached hydrogens (tertiary/aromatic N) is 1. The van der Waals surface area contributed by atoms with Gasteiger partial charge < -0.3 is 14.8 Å². The molecule has 0 radical (unpaired) electrons.